The van der Waals surface area contributed by atoms with Crippen LogP contribution in [0.2, 0.25) is 0 Å². The van der Waals surface area contributed by atoms with Crippen LogP contribution in [0, 0.1) is 0 Å². The molecule has 2 N–H and O–H groups in total. The Kier molecular flexibility index (Phi) is 33.7. The molecule has 0 amide bonds. The summed E-state index contributed by atoms with van der Waals surface area (Å²) in [5.74, 6) is -12.0. The van der Waals surface area contributed by atoms with Crippen LogP contribution in [0.25, 0.3) is 0 Å². The SMILES string of the molecule is O=C([O-])CC(O)(CC(=O)[O-])C(=O)[O-].O=C([O-])CC(O)(CC(=O)[O-])C(=O)[O-].[Bi].[K+].[K+].[K+]. The molecule has 0 unspecified atom stereocenters. The van der Waals surface area contributed by atoms with Gasteiger partial charge < -0.3 is 69.6 Å². The number of hydrogen-bond donors (Lipinski definition) is 2. The summed E-state index contributed by atoms with van der Waals surface area (Å²) in [6.45, 7) is 0. The van der Waals surface area contributed by atoms with E-state index in [1.54, 1.807) is 0 Å². The van der Waals surface area contributed by atoms with Gasteiger partial charge >= 0.3 is 154 Å². The Hall–Kier alpha value is 2.53. The van der Waals surface area contributed by atoms with E-state index in [2.05, 4.69) is 0 Å². The predicted octanol–water partition coefficient (Wildman–Crippen LogP) is -19.9. The maximum absolute atomic E-state index is 10.1. The van der Waals surface area contributed by atoms with E-state index >= 15 is 0 Å². The van der Waals surface area contributed by atoms with Crippen LogP contribution in [-0.4, -0.2) is 83.4 Å². The van der Waals surface area contributed by atoms with Crippen LogP contribution in [0.1, 0.15) is 25.7 Å². The van der Waals surface area contributed by atoms with Crippen molar-refractivity contribution in [3.63, 3.8) is 0 Å². The molecule has 0 aromatic heterocycles. The van der Waals surface area contributed by atoms with Crippen molar-refractivity contribution in [2.75, 3.05) is 0 Å². The minimum Gasteiger partial charge on any atom is -0.550 e. The van der Waals surface area contributed by atoms with Gasteiger partial charge in [-0.2, -0.15) is 0 Å². The third kappa shape index (κ3) is 22.3. The zero-order chi connectivity index (χ0) is 21.3. The van der Waals surface area contributed by atoms with Crippen LogP contribution in [0.15, 0.2) is 0 Å². The first-order valence-electron chi connectivity index (χ1n) is 6.23. The summed E-state index contributed by atoms with van der Waals surface area (Å²) in [6.07, 6.45) is -5.43. The van der Waals surface area contributed by atoms with Crippen molar-refractivity contribution in [3.05, 3.63) is 0 Å². The van der Waals surface area contributed by atoms with Crippen LogP contribution >= 0.6 is 0 Å². The molecular formula is C12H10BiK3O14-3. The van der Waals surface area contributed by atoms with E-state index in [0.29, 0.717) is 0 Å². The molecule has 0 aromatic rings. The van der Waals surface area contributed by atoms with E-state index in [1.807, 2.05) is 0 Å². The molecule has 3 radical (unpaired) electrons. The molecular weight excluding hydrogens is 694 g/mol. The molecule has 0 atom stereocenters. The number of carbonyl (C=O) groups excluding carboxylic acids is 6. The molecule has 0 rings (SSSR count). The van der Waals surface area contributed by atoms with Crippen molar-refractivity contribution in [1.82, 2.24) is 0 Å². The quantitative estimate of drug-likeness (QED) is 0.200. The van der Waals surface area contributed by atoms with E-state index in [9.17, 15) is 59.4 Å². The van der Waals surface area contributed by atoms with Gasteiger partial charge in [0.1, 0.15) is 11.2 Å². The Bertz CT molecular complexity index is 527. The normalized spacial score (nSPS) is 9.40. The molecule has 14 nitrogen and oxygen atoms in total. The van der Waals surface area contributed by atoms with E-state index in [-0.39, 0.29) is 180 Å². The molecule has 0 aliphatic heterocycles. The molecule has 0 aliphatic carbocycles. The fourth-order valence-corrected chi connectivity index (χ4v) is 1.37. The summed E-state index contributed by atoms with van der Waals surface area (Å²) in [7, 11) is 0. The smallest absolute Gasteiger partial charge is 0.550 e. The third-order valence-corrected chi connectivity index (χ3v) is 2.51. The molecule has 0 saturated heterocycles. The van der Waals surface area contributed by atoms with Gasteiger partial charge in [0.15, 0.2) is 0 Å². The van der Waals surface area contributed by atoms with Crippen molar-refractivity contribution in [3.8, 4) is 0 Å². The van der Waals surface area contributed by atoms with E-state index in [1.165, 1.54) is 0 Å². The van der Waals surface area contributed by atoms with E-state index < -0.39 is 72.7 Å². The van der Waals surface area contributed by atoms with Gasteiger partial charge in [0, 0.05) is 75.8 Å². The Morgan fingerprint density at radius 1 is 0.500 bits per heavy atom. The minimum atomic E-state index is -2.97. The number of carboxylic acid groups (broad SMARTS) is 6. The number of aliphatic carboxylic acids is 6. The fraction of sp³-hybridized carbons (Fsp3) is 0.500. The Morgan fingerprint density at radius 2 is 0.633 bits per heavy atom. The topological polar surface area (TPSA) is 281 Å². The zero-order valence-electron chi connectivity index (χ0n) is 16.1. The van der Waals surface area contributed by atoms with Crippen LogP contribution in [0.5, 0.6) is 0 Å². The maximum Gasteiger partial charge on any atom is 1.00 e. The summed E-state index contributed by atoms with van der Waals surface area (Å²) in [4.78, 5) is 60.0. The van der Waals surface area contributed by atoms with Crippen molar-refractivity contribution in [2.24, 2.45) is 0 Å². The Balaban J connectivity index is -0.0000000847. The monoisotopic (exact) mass is 704 g/mol. The van der Waals surface area contributed by atoms with Crippen molar-refractivity contribution < 1.29 is 224 Å². The molecule has 0 fully saturated rings. The molecule has 153 valence electrons. The average molecular weight is 704 g/mol. The zero-order valence-corrected chi connectivity index (χ0v) is 28.9. The molecule has 0 heterocycles. The van der Waals surface area contributed by atoms with Gasteiger partial charge in [-0.05, 0) is 0 Å². The predicted molar refractivity (Wildman–Crippen MR) is 64.2 cm³/mol. The first kappa shape index (κ1) is 45.9. The summed E-state index contributed by atoms with van der Waals surface area (Å²) in [5.41, 5.74) is -5.95. The van der Waals surface area contributed by atoms with Crippen LogP contribution in [0.3, 0.4) is 0 Å². The molecule has 0 aromatic carbocycles. The summed E-state index contributed by atoms with van der Waals surface area (Å²) in [5, 5.41) is 77.9. The first-order chi connectivity index (χ1) is 11.6. The number of rotatable bonds is 10. The van der Waals surface area contributed by atoms with Gasteiger partial charge in [0.05, 0.1) is 11.9 Å². The number of hydrogen-bond acceptors (Lipinski definition) is 14. The molecule has 0 saturated carbocycles. The third-order valence-electron chi connectivity index (χ3n) is 2.51. The number of carboxylic acids is 6. The average Bonchev–Trinajstić information content (AvgIpc) is 2.34. The standard InChI is InChI=1S/2C6H8O7.Bi.3K/c2*7-3(8)1-6(13,5(11)12)2-4(9)10;;;;/h2*13H,1-2H2,(H,7,8)(H,9,10)(H,11,12);;;;/q;;;3*+1/p-6. The van der Waals surface area contributed by atoms with Gasteiger partial charge in [-0.25, -0.2) is 0 Å². The van der Waals surface area contributed by atoms with Gasteiger partial charge in [-0.15, -0.1) is 0 Å². The second kappa shape index (κ2) is 22.0. The van der Waals surface area contributed by atoms with Crippen molar-refractivity contribution in [2.45, 2.75) is 36.9 Å². The Morgan fingerprint density at radius 3 is 0.700 bits per heavy atom. The van der Waals surface area contributed by atoms with Crippen LogP contribution in [-0.2, 0) is 28.8 Å². The second-order valence-electron chi connectivity index (χ2n) is 4.83. The van der Waals surface area contributed by atoms with Crippen molar-refractivity contribution >= 4 is 62.0 Å². The molecule has 30 heavy (non-hydrogen) atoms. The molecule has 18 heteroatoms. The number of aliphatic hydroxyl groups is 2. The first-order valence-corrected chi connectivity index (χ1v) is 6.23. The summed E-state index contributed by atoms with van der Waals surface area (Å²) >= 11 is 0. The molecule has 0 aliphatic rings. The van der Waals surface area contributed by atoms with E-state index in [4.69, 9.17) is 10.2 Å². The number of carbonyl (C=O) groups is 6. The Labute approximate surface area is 315 Å². The second-order valence-corrected chi connectivity index (χ2v) is 4.83. The maximum atomic E-state index is 10.1. The van der Waals surface area contributed by atoms with Gasteiger partial charge in [0.2, 0.25) is 0 Å². The fourth-order valence-electron chi connectivity index (χ4n) is 1.37. The van der Waals surface area contributed by atoms with Crippen LogP contribution < -0.4 is 185 Å². The van der Waals surface area contributed by atoms with Gasteiger partial charge in [-0.1, -0.05) is 0 Å². The summed E-state index contributed by atoms with van der Waals surface area (Å²) in [6, 6.07) is 0. The minimum absolute atomic E-state index is 0. The van der Waals surface area contributed by atoms with Gasteiger partial charge in [-0.3, -0.25) is 0 Å². The van der Waals surface area contributed by atoms with Gasteiger partial charge in [0.25, 0.3) is 0 Å². The van der Waals surface area contributed by atoms with Crippen molar-refractivity contribution in [1.29, 1.82) is 0 Å². The van der Waals surface area contributed by atoms with E-state index in [0.717, 1.165) is 0 Å². The summed E-state index contributed by atoms with van der Waals surface area (Å²) < 4.78 is 0. The largest absolute Gasteiger partial charge is 1.00 e. The molecule has 0 bridgehead atoms. The van der Waals surface area contributed by atoms with Crippen LogP contribution in [0.4, 0.5) is 0 Å². The molecule has 0 spiro atoms.